The number of methoxy groups -OCH3 is 1. The van der Waals surface area contributed by atoms with Crippen LogP contribution in [0.3, 0.4) is 0 Å². The van der Waals surface area contributed by atoms with Crippen molar-refractivity contribution in [1.29, 1.82) is 0 Å². The average Bonchev–Trinajstić information content (AvgIpc) is 2.56. The van der Waals surface area contributed by atoms with Crippen LogP contribution >= 0.6 is 11.8 Å². The molecule has 2 aromatic carbocycles. The molecule has 4 nitrogen and oxygen atoms in total. The van der Waals surface area contributed by atoms with Gasteiger partial charge >= 0.3 is 11.9 Å². The van der Waals surface area contributed by atoms with Crippen LogP contribution < -0.4 is 0 Å². The molecule has 5 heteroatoms. The highest BCUT2D eigenvalue weighted by Gasteiger charge is 2.12. The first kappa shape index (κ1) is 17.1. The van der Waals surface area contributed by atoms with Gasteiger partial charge < -0.3 is 9.47 Å². The Bertz CT molecular complexity index is 680. The lowest BCUT2D eigenvalue weighted by Gasteiger charge is -2.08. The molecule has 0 radical (unpaired) electrons. The van der Waals surface area contributed by atoms with Gasteiger partial charge in [0.15, 0.2) is 0 Å². The summed E-state index contributed by atoms with van der Waals surface area (Å²) >= 11 is 1.48. The van der Waals surface area contributed by atoms with Crippen LogP contribution in [0.5, 0.6) is 0 Å². The van der Waals surface area contributed by atoms with E-state index >= 15 is 0 Å². The van der Waals surface area contributed by atoms with Crippen molar-refractivity contribution in [2.75, 3.05) is 13.7 Å². The molecule has 2 rings (SSSR count). The molecule has 0 saturated carbocycles. The maximum Gasteiger partial charge on any atom is 0.339 e. The molecule has 0 atom stereocenters. The van der Waals surface area contributed by atoms with Gasteiger partial charge in [0, 0.05) is 9.79 Å². The molecule has 0 aromatic heterocycles. The van der Waals surface area contributed by atoms with Crippen molar-refractivity contribution in [3.05, 3.63) is 59.7 Å². The summed E-state index contributed by atoms with van der Waals surface area (Å²) in [5, 5.41) is 0. The second-order valence-corrected chi connectivity index (χ2v) is 5.83. The predicted molar refractivity (Wildman–Crippen MR) is 88.7 cm³/mol. The van der Waals surface area contributed by atoms with E-state index in [1.54, 1.807) is 19.1 Å². The number of carbonyl (C=O) groups excluding carboxylic acids is 2. The predicted octanol–water partition coefficient (Wildman–Crippen LogP) is 3.73. The van der Waals surface area contributed by atoms with E-state index < -0.39 is 0 Å². The Morgan fingerprint density at radius 3 is 2.39 bits per heavy atom. The van der Waals surface area contributed by atoms with Crippen LogP contribution in [0.2, 0.25) is 0 Å². The molecule has 0 unspecified atom stereocenters. The fourth-order valence-electron chi connectivity index (χ4n) is 2.02. The number of rotatable bonds is 6. The SMILES string of the molecule is CCOC(=O)Cc1ccc(Sc2ccccc2C(=O)OC)cc1. The number of hydrogen-bond acceptors (Lipinski definition) is 5. The van der Waals surface area contributed by atoms with Crippen LogP contribution in [-0.2, 0) is 20.7 Å². The standard InChI is InChI=1S/C18H18O4S/c1-3-22-17(19)12-13-8-10-14(11-9-13)23-16-7-5-4-6-15(16)18(20)21-2/h4-11H,3,12H2,1-2H3. The number of esters is 2. The Balaban J connectivity index is 2.10. The highest BCUT2D eigenvalue weighted by molar-refractivity contribution is 7.99. The Hall–Kier alpha value is -2.27. The first-order valence-electron chi connectivity index (χ1n) is 7.23. The van der Waals surface area contributed by atoms with Crippen molar-refractivity contribution in [3.8, 4) is 0 Å². The molecule has 0 heterocycles. The van der Waals surface area contributed by atoms with Gasteiger partial charge in [0.1, 0.15) is 0 Å². The lowest BCUT2D eigenvalue weighted by atomic mass is 10.1. The Kier molecular flexibility index (Phi) is 6.23. The quantitative estimate of drug-likeness (QED) is 0.755. The van der Waals surface area contributed by atoms with Gasteiger partial charge in [-0.3, -0.25) is 4.79 Å². The summed E-state index contributed by atoms with van der Waals surface area (Å²) in [7, 11) is 1.37. The summed E-state index contributed by atoms with van der Waals surface area (Å²) in [6, 6.07) is 14.9. The molecular weight excluding hydrogens is 312 g/mol. The molecule has 0 bridgehead atoms. The van der Waals surface area contributed by atoms with E-state index in [9.17, 15) is 9.59 Å². The molecule has 0 aliphatic carbocycles. The molecular formula is C18H18O4S. The lowest BCUT2D eigenvalue weighted by molar-refractivity contribution is -0.142. The summed E-state index contributed by atoms with van der Waals surface area (Å²) in [5.74, 6) is -0.587. The molecule has 23 heavy (non-hydrogen) atoms. The van der Waals surface area contributed by atoms with E-state index in [1.165, 1.54) is 18.9 Å². The molecule has 0 fully saturated rings. The maximum absolute atomic E-state index is 11.8. The number of ether oxygens (including phenoxy) is 2. The van der Waals surface area contributed by atoms with Crippen molar-refractivity contribution in [2.24, 2.45) is 0 Å². The fraction of sp³-hybridized carbons (Fsp3) is 0.222. The number of benzene rings is 2. The summed E-state index contributed by atoms with van der Waals surface area (Å²) < 4.78 is 9.73. The van der Waals surface area contributed by atoms with E-state index in [4.69, 9.17) is 9.47 Å². The summed E-state index contributed by atoms with van der Waals surface area (Å²) in [5.41, 5.74) is 1.43. The van der Waals surface area contributed by atoms with Gasteiger partial charge in [-0.25, -0.2) is 4.79 Å². The second-order valence-electron chi connectivity index (χ2n) is 4.72. The van der Waals surface area contributed by atoms with Crippen LogP contribution in [0, 0.1) is 0 Å². The molecule has 0 spiro atoms. The highest BCUT2D eigenvalue weighted by atomic mass is 32.2. The van der Waals surface area contributed by atoms with Crippen molar-refractivity contribution < 1.29 is 19.1 Å². The fourth-order valence-corrected chi connectivity index (χ4v) is 2.95. The summed E-state index contributed by atoms with van der Waals surface area (Å²) in [4.78, 5) is 25.0. The van der Waals surface area contributed by atoms with Crippen molar-refractivity contribution in [3.63, 3.8) is 0 Å². The Labute approximate surface area is 139 Å². The van der Waals surface area contributed by atoms with Crippen LogP contribution in [0.25, 0.3) is 0 Å². The zero-order valence-electron chi connectivity index (χ0n) is 13.1. The first-order chi connectivity index (χ1) is 11.1. The summed E-state index contributed by atoms with van der Waals surface area (Å²) in [6.07, 6.45) is 0.261. The molecule has 0 aliphatic heterocycles. The van der Waals surface area contributed by atoms with Crippen LogP contribution in [-0.4, -0.2) is 25.7 Å². The Morgan fingerprint density at radius 1 is 1.04 bits per heavy atom. The van der Waals surface area contributed by atoms with Gasteiger partial charge in [-0.1, -0.05) is 36.0 Å². The molecule has 0 N–H and O–H groups in total. The zero-order chi connectivity index (χ0) is 16.7. The smallest absolute Gasteiger partial charge is 0.339 e. The van der Waals surface area contributed by atoms with E-state index in [0.717, 1.165) is 15.4 Å². The zero-order valence-corrected chi connectivity index (χ0v) is 13.9. The molecule has 2 aromatic rings. The van der Waals surface area contributed by atoms with Gasteiger partial charge in [0.2, 0.25) is 0 Å². The second kappa shape index (κ2) is 8.39. The van der Waals surface area contributed by atoms with Gasteiger partial charge in [-0.05, 0) is 36.8 Å². The molecule has 0 amide bonds. The Morgan fingerprint density at radius 2 is 1.74 bits per heavy atom. The minimum absolute atomic E-state index is 0.232. The normalized spacial score (nSPS) is 10.2. The first-order valence-corrected chi connectivity index (χ1v) is 8.05. The van der Waals surface area contributed by atoms with Crippen LogP contribution in [0.1, 0.15) is 22.8 Å². The lowest BCUT2D eigenvalue weighted by Crippen LogP contribution is -2.07. The monoisotopic (exact) mass is 330 g/mol. The third kappa shape index (κ3) is 4.86. The maximum atomic E-state index is 11.8. The number of hydrogen-bond donors (Lipinski definition) is 0. The summed E-state index contributed by atoms with van der Waals surface area (Å²) in [6.45, 7) is 2.17. The van der Waals surface area contributed by atoms with Gasteiger partial charge in [0.05, 0.1) is 25.7 Å². The minimum atomic E-state index is -0.355. The van der Waals surface area contributed by atoms with Crippen molar-refractivity contribution in [1.82, 2.24) is 0 Å². The molecule has 120 valence electrons. The minimum Gasteiger partial charge on any atom is -0.466 e. The van der Waals surface area contributed by atoms with Crippen LogP contribution in [0.15, 0.2) is 58.3 Å². The van der Waals surface area contributed by atoms with Crippen molar-refractivity contribution >= 4 is 23.7 Å². The number of carbonyl (C=O) groups is 2. The third-order valence-corrected chi connectivity index (χ3v) is 4.18. The van der Waals surface area contributed by atoms with Gasteiger partial charge in [-0.15, -0.1) is 0 Å². The van der Waals surface area contributed by atoms with Gasteiger partial charge in [-0.2, -0.15) is 0 Å². The molecule has 0 saturated heterocycles. The average molecular weight is 330 g/mol. The topological polar surface area (TPSA) is 52.6 Å². The van der Waals surface area contributed by atoms with E-state index in [2.05, 4.69) is 0 Å². The van der Waals surface area contributed by atoms with Crippen LogP contribution in [0.4, 0.5) is 0 Å². The molecule has 0 aliphatic rings. The van der Waals surface area contributed by atoms with E-state index in [-0.39, 0.29) is 18.4 Å². The third-order valence-electron chi connectivity index (χ3n) is 3.10. The van der Waals surface area contributed by atoms with E-state index in [0.29, 0.717) is 12.2 Å². The van der Waals surface area contributed by atoms with Crippen molar-refractivity contribution in [2.45, 2.75) is 23.1 Å². The highest BCUT2D eigenvalue weighted by Crippen LogP contribution is 2.31. The van der Waals surface area contributed by atoms with Gasteiger partial charge in [0.25, 0.3) is 0 Å². The van der Waals surface area contributed by atoms with E-state index in [1.807, 2.05) is 36.4 Å². The largest absolute Gasteiger partial charge is 0.466 e.